The molecular weight excluding hydrogens is 323 g/mol. The summed E-state index contributed by atoms with van der Waals surface area (Å²) in [6, 6.07) is 11.2. The second-order valence-electron chi connectivity index (χ2n) is 6.38. The van der Waals surface area contributed by atoms with Crippen LogP contribution < -0.4 is 11.1 Å². The predicted molar refractivity (Wildman–Crippen MR) is 94.1 cm³/mol. The Hall–Kier alpha value is -2.89. The molecule has 0 spiro atoms. The van der Waals surface area contributed by atoms with Gasteiger partial charge in [-0.05, 0) is 41.7 Å². The average Bonchev–Trinajstić information content (AvgIpc) is 2.92. The van der Waals surface area contributed by atoms with E-state index in [9.17, 15) is 14.0 Å². The van der Waals surface area contributed by atoms with Gasteiger partial charge in [-0.25, -0.2) is 9.18 Å². The van der Waals surface area contributed by atoms with Crippen molar-refractivity contribution in [2.45, 2.75) is 26.2 Å². The number of hydrogen-bond donors (Lipinski definition) is 2. The summed E-state index contributed by atoms with van der Waals surface area (Å²) in [4.78, 5) is 26.2. The molecule has 2 aromatic carbocycles. The van der Waals surface area contributed by atoms with Crippen LogP contribution in [-0.4, -0.2) is 10.9 Å². The largest absolute Gasteiger partial charge is 0.417 e. The number of amides is 1. The van der Waals surface area contributed by atoms with Gasteiger partial charge in [-0.1, -0.05) is 26.0 Å². The van der Waals surface area contributed by atoms with E-state index >= 15 is 0 Å². The van der Waals surface area contributed by atoms with Crippen LogP contribution in [0.5, 0.6) is 0 Å². The lowest BCUT2D eigenvalue weighted by Crippen LogP contribution is -2.18. The zero-order chi connectivity index (χ0) is 18.0. The molecule has 5 nitrogen and oxygen atoms in total. The van der Waals surface area contributed by atoms with E-state index in [0.717, 1.165) is 5.56 Å². The van der Waals surface area contributed by atoms with E-state index in [0.29, 0.717) is 16.8 Å². The number of hydrogen-bond acceptors (Lipinski definition) is 3. The highest BCUT2D eigenvalue weighted by molar-refractivity contribution is 5.93. The Morgan fingerprint density at radius 2 is 1.92 bits per heavy atom. The molecule has 2 N–H and O–H groups in total. The Morgan fingerprint density at radius 1 is 1.20 bits per heavy atom. The van der Waals surface area contributed by atoms with E-state index in [-0.39, 0.29) is 30.0 Å². The molecule has 25 heavy (non-hydrogen) atoms. The first-order valence-corrected chi connectivity index (χ1v) is 8.10. The number of oxazole rings is 1. The third kappa shape index (κ3) is 3.96. The first kappa shape index (κ1) is 17.0. The second-order valence-corrected chi connectivity index (χ2v) is 6.38. The summed E-state index contributed by atoms with van der Waals surface area (Å²) in [6.07, 6.45) is 0.276. The minimum absolute atomic E-state index is 0.0190. The molecule has 0 fully saturated rings. The number of rotatable bonds is 5. The molecule has 1 atom stereocenters. The Kier molecular flexibility index (Phi) is 4.70. The molecule has 0 saturated carbocycles. The standard InChI is InChI=1S/C19H19FN2O3/c1-11(2)15(12-3-5-13(20)6-4-12)10-18(23)21-14-7-8-16-17(9-14)25-19(24)22-16/h3-9,11,15H,10H2,1-2H3,(H,21,23)(H,22,24). The SMILES string of the molecule is CC(C)C(CC(=O)Nc1ccc2[nH]c(=O)oc2c1)c1ccc(F)cc1. The van der Waals surface area contributed by atoms with Gasteiger partial charge in [-0.3, -0.25) is 9.78 Å². The second kappa shape index (κ2) is 6.93. The van der Waals surface area contributed by atoms with Gasteiger partial charge in [0.2, 0.25) is 5.91 Å². The Balaban J connectivity index is 1.74. The molecule has 0 aliphatic carbocycles. The van der Waals surface area contributed by atoms with Crippen LogP contribution in [0, 0.1) is 11.7 Å². The Morgan fingerprint density at radius 3 is 2.60 bits per heavy atom. The maximum Gasteiger partial charge on any atom is 0.417 e. The van der Waals surface area contributed by atoms with Gasteiger partial charge in [0.05, 0.1) is 5.52 Å². The summed E-state index contributed by atoms with van der Waals surface area (Å²) in [7, 11) is 0. The van der Waals surface area contributed by atoms with Crippen molar-refractivity contribution in [3.63, 3.8) is 0 Å². The van der Waals surface area contributed by atoms with Crippen molar-refractivity contribution in [1.82, 2.24) is 4.98 Å². The van der Waals surface area contributed by atoms with E-state index in [1.165, 1.54) is 12.1 Å². The number of carbonyl (C=O) groups excluding carboxylic acids is 1. The van der Waals surface area contributed by atoms with Crippen molar-refractivity contribution < 1.29 is 13.6 Å². The van der Waals surface area contributed by atoms with Crippen LogP contribution in [0.4, 0.5) is 10.1 Å². The third-order valence-electron chi connectivity index (χ3n) is 4.21. The van der Waals surface area contributed by atoms with Crippen molar-refractivity contribution in [2.24, 2.45) is 5.92 Å². The number of H-pyrrole nitrogens is 1. The Labute approximate surface area is 143 Å². The van der Waals surface area contributed by atoms with Crippen LogP contribution in [0.1, 0.15) is 31.7 Å². The summed E-state index contributed by atoms with van der Waals surface area (Å²) in [5, 5.41) is 2.82. The maximum absolute atomic E-state index is 13.1. The van der Waals surface area contributed by atoms with Crippen LogP contribution in [-0.2, 0) is 4.79 Å². The number of aromatic nitrogens is 1. The molecule has 1 heterocycles. The monoisotopic (exact) mass is 342 g/mol. The fourth-order valence-corrected chi connectivity index (χ4v) is 2.88. The van der Waals surface area contributed by atoms with Gasteiger partial charge < -0.3 is 9.73 Å². The van der Waals surface area contributed by atoms with Crippen molar-refractivity contribution in [3.05, 3.63) is 64.4 Å². The van der Waals surface area contributed by atoms with E-state index in [2.05, 4.69) is 10.3 Å². The van der Waals surface area contributed by atoms with Gasteiger partial charge in [0.1, 0.15) is 5.82 Å². The molecule has 1 amide bonds. The molecular formula is C19H19FN2O3. The summed E-state index contributed by atoms with van der Waals surface area (Å²) in [6.45, 7) is 4.06. The fourth-order valence-electron chi connectivity index (χ4n) is 2.88. The zero-order valence-electron chi connectivity index (χ0n) is 14.0. The topological polar surface area (TPSA) is 75.1 Å². The zero-order valence-corrected chi connectivity index (χ0v) is 14.0. The quantitative estimate of drug-likeness (QED) is 0.735. The maximum atomic E-state index is 13.1. The van der Waals surface area contributed by atoms with Gasteiger partial charge in [0.15, 0.2) is 5.58 Å². The normalized spacial score (nSPS) is 12.5. The van der Waals surface area contributed by atoms with Crippen molar-refractivity contribution >= 4 is 22.7 Å². The molecule has 6 heteroatoms. The van der Waals surface area contributed by atoms with Crippen molar-refractivity contribution in [1.29, 1.82) is 0 Å². The molecule has 1 unspecified atom stereocenters. The van der Waals surface area contributed by atoms with Gasteiger partial charge in [0.25, 0.3) is 0 Å². The molecule has 0 aliphatic heterocycles. The first-order chi connectivity index (χ1) is 11.9. The number of aromatic amines is 1. The van der Waals surface area contributed by atoms with Crippen LogP contribution >= 0.6 is 0 Å². The lowest BCUT2D eigenvalue weighted by atomic mass is 9.85. The molecule has 130 valence electrons. The molecule has 0 aliphatic rings. The van der Waals surface area contributed by atoms with E-state index in [1.54, 1.807) is 30.3 Å². The third-order valence-corrected chi connectivity index (χ3v) is 4.21. The number of carbonyl (C=O) groups is 1. The molecule has 1 aromatic heterocycles. The van der Waals surface area contributed by atoms with Gasteiger partial charge in [0, 0.05) is 18.2 Å². The van der Waals surface area contributed by atoms with Gasteiger partial charge >= 0.3 is 5.76 Å². The summed E-state index contributed by atoms with van der Waals surface area (Å²) >= 11 is 0. The summed E-state index contributed by atoms with van der Waals surface area (Å²) in [5.41, 5.74) is 2.46. The highest BCUT2D eigenvalue weighted by Gasteiger charge is 2.20. The van der Waals surface area contributed by atoms with E-state index in [4.69, 9.17) is 4.42 Å². The number of nitrogens with one attached hydrogen (secondary N) is 2. The van der Waals surface area contributed by atoms with E-state index < -0.39 is 5.76 Å². The first-order valence-electron chi connectivity index (χ1n) is 8.10. The van der Waals surface area contributed by atoms with Crippen LogP contribution in [0.3, 0.4) is 0 Å². The van der Waals surface area contributed by atoms with Gasteiger partial charge in [-0.15, -0.1) is 0 Å². The minimum atomic E-state index is -0.533. The molecule has 3 aromatic rings. The lowest BCUT2D eigenvalue weighted by molar-refractivity contribution is -0.116. The minimum Gasteiger partial charge on any atom is -0.408 e. The molecule has 0 radical (unpaired) electrons. The summed E-state index contributed by atoms with van der Waals surface area (Å²) < 4.78 is 18.1. The smallest absolute Gasteiger partial charge is 0.408 e. The lowest BCUT2D eigenvalue weighted by Gasteiger charge is -2.21. The van der Waals surface area contributed by atoms with E-state index in [1.807, 2.05) is 13.8 Å². The van der Waals surface area contributed by atoms with Crippen LogP contribution in [0.2, 0.25) is 0 Å². The fraction of sp³-hybridized carbons (Fsp3) is 0.263. The highest BCUT2D eigenvalue weighted by Crippen LogP contribution is 2.28. The molecule has 0 bridgehead atoms. The molecule has 0 saturated heterocycles. The van der Waals surface area contributed by atoms with Crippen molar-refractivity contribution in [3.8, 4) is 0 Å². The van der Waals surface area contributed by atoms with Crippen molar-refractivity contribution in [2.75, 3.05) is 5.32 Å². The Bertz CT molecular complexity index is 941. The van der Waals surface area contributed by atoms with Crippen LogP contribution in [0.15, 0.2) is 51.7 Å². The van der Waals surface area contributed by atoms with Gasteiger partial charge in [-0.2, -0.15) is 0 Å². The predicted octanol–water partition coefficient (Wildman–Crippen LogP) is 4.03. The van der Waals surface area contributed by atoms with Crippen LogP contribution in [0.25, 0.3) is 11.1 Å². The number of halogens is 1. The number of anilines is 1. The average molecular weight is 342 g/mol. The summed E-state index contributed by atoms with van der Waals surface area (Å²) in [5.74, 6) is -0.775. The number of benzene rings is 2. The molecule has 3 rings (SSSR count). The highest BCUT2D eigenvalue weighted by atomic mass is 19.1. The number of fused-ring (bicyclic) bond motifs is 1.